The number of benzene rings is 2. The van der Waals surface area contributed by atoms with Crippen LogP contribution in [0.15, 0.2) is 66.1 Å². The van der Waals surface area contributed by atoms with Crippen molar-refractivity contribution in [1.82, 2.24) is 19.7 Å². The van der Waals surface area contributed by atoms with E-state index in [2.05, 4.69) is 15.1 Å². The van der Waals surface area contributed by atoms with Gasteiger partial charge in [-0.25, -0.2) is 14.6 Å². The number of ketones is 1. The summed E-state index contributed by atoms with van der Waals surface area (Å²) in [5.74, 6) is 1.40. The third-order valence-electron chi connectivity index (χ3n) is 4.38. The number of carbonyl (C=O) groups excluding carboxylic acids is 1. The van der Waals surface area contributed by atoms with Crippen molar-refractivity contribution in [3.63, 3.8) is 0 Å². The number of hydrogen-bond donors (Lipinski definition) is 0. The Kier molecular flexibility index (Phi) is 5.08. The fourth-order valence-electron chi connectivity index (χ4n) is 2.95. The van der Waals surface area contributed by atoms with Crippen molar-refractivity contribution in [1.29, 1.82) is 0 Å². The average Bonchev–Trinajstić information content (AvgIpc) is 3.17. The van der Waals surface area contributed by atoms with Gasteiger partial charge in [0, 0.05) is 16.9 Å². The number of thioether (sulfide) groups is 1. The highest BCUT2D eigenvalue weighted by Gasteiger charge is 2.13. The largest absolute Gasteiger partial charge is 0.496 e. The monoisotopic (exact) mass is 390 g/mol. The van der Waals surface area contributed by atoms with Crippen LogP contribution in [0, 0.1) is 0 Å². The normalized spacial score (nSPS) is 10.9. The first-order valence-electron chi connectivity index (χ1n) is 8.72. The summed E-state index contributed by atoms with van der Waals surface area (Å²) in [5.41, 5.74) is 3.32. The Morgan fingerprint density at radius 3 is 2.71 bits per heavy atom. The summed E-state index contributed by atoms with van der Waals surface area (Å²) >= 11 is 1.57. The molecule has 0 N–H and O–H groups in total. The maximum absolute atomic E-state index is 11.7. The molecule has 2 aromatic carbocycles. The molecular formula is C21H18N4O2S. The predicted octanol–water partition coefficient (Wildman–Crippen LogP) is 4.32. The van der Waals surface area contributed by atoms with E-state index >= 15 is 0 Å². The summed E-state index contributed by atoms with van der Waals surface area (Å²) in [7, 11) is 1.63. The number of nitrogens with zero attached hydrogens (tertiary/aromatic N) is 4. The van der Waals surface area contributed by atoms with E-state index in [1.54, 1.807) is 49.1 Å². The van der Waals surface area contributed by atoms with Crippen molar-refractivity contribution >= 4 is 28.6 Å². The summed E-state index contributed by atoms with van der Waals surface area (Å²) in [6.45, 7) is 1.56. The summed E-state index contributed by atoms with van der Waals surface area (Å²) < 4.78 is 7.25. The van der Waals surface area contributed by atoms with E-state index in [9.17, 15) is 4.79 Å². The molecule has 0 aliphatic heterocycles. The zero-order chi connectivity index (χ0) is 19.5. The highest BCUT2D eigenvalue weighted by atomic mass is 32.2. The number of methoxy groups -OCH3 is 1. The Morgan fingerprint density at radius 2 is 1.96 bits per heavy atom. The quantitative estimate of drug-likeness (QED) is 0.277. The molecule has 4 rings (SSSR count). The van der Waals surface area contributed by atoms with Crippen molar-refractivity contribution in [2.75, 3.05) is 7.11 Å². The molecule has 2 aromatic heterocycles. The van der Waals surface area contributed by atoms with Gasteiger partial charge < -0.3 is 4.74 Å². The van der Waals surface area contributed by atoms with Crippen LogP contribution in [0.3, 0.4) is 0 Å². The Bertz CT molecular complexity index is 1140. The maximum Gasteiger partial charge on any atom is 0.167 e. The fourth-order valence-corrected chi connectivity index (χ4v) is 3.89. The molecule has 140 valence electrons. The van der Waals surface area contributed by atoms with E-state index < -0.39 is 0 Å². The van der Waals surface area contributed by atoms with Crippen molar-refractivity contribution in [3.8, 4) is 11.4 Å². The fraction of sp³-hybridized carbons (Fsp3) is 0.143. The summed E-state index contributed by atoms with van der Waals surface area (Å²) in [4.78, 5) is 20.5. The van der Waals surface area contributed by atoms with E-state index in [-0.39, 0.29) is 5.78 Å². The van der Waals surface area contributed by atoms with Gasteiger partial charge in [-0.2, -0.15) is 5.10 Å². The Morgan fingerprint density at radius 1 is 1.14 bits per heavy atom. The van der Waals surface area contributed by atoms with Crippen LogP contribution >= 0.6 is 11.8 Å². The first-order chi connectivity index (χ1) is 13.7. The van der Waals surface area contributed by atoms with Crippen LogP contribution in [0.25, 0.3) is 16.7 Å². The molecule has 0 aliphatic carbocycles. The van der Waals surface area contributed by atoms with Gasteiger partial charge in [-0.05, 0) is 37.3 Å². The van der Waals surface area contributed by atoms with Crippen LogP contribution in [-0.4, -0.2) is 32.6 Å². The second-order valence-corrected chi connectivity index (χ2v) is 7.14. The lowest BCUT2D eigenvalue weighted by atomic mass is 10.1. The number of aromatic nitrogens is 4. The van der Waals surface area contributed by atoms with Crippen molar-refractivity contribution < 1.29 is 9.53 Å². The second-order valence-electron chi connectivity index (χ2n) is 6.18. The van der Waals surface area contributed by atoms with Crippen LogP contribution in [0.2, 0.25) is 0 Å². The molecule has 2 heterocycles. The number of carbonyl (C=O) groups is 1. The Hall–Kier alpha value is -3.19. The standard InChI is InChI=1S/C21H18N4O2S/c1-14(26)15-8-9-19(27-2)16(10-15)12-28-21-18-11-24-25(20(18)22-13-23-21)17-6-4-3-5-7-17/h3-11,13H,12H2,1-2H3. The minimum atomic E-state index is 0.0301. The van der Waals surface area contributed by atoms with E-state index in [1.165, 1.54) is 0 Å². The SMILES string of the molecule is COc1ccc(C(C)=O)cc1CSc1ncnc2c1cnn2-c1ccccc1. The van der Waals surface area contributed by atoms with Crippen LogP contribution in [0.5, 0.6) is 5.75 Å². The lowest BCUT2D eigenvalue weighted by Crippen LogP contribution is -1.98. The molecule has 0 saturated carbocycles. The van der Waals surface area contributed by atoms with Gasteiger partial charge in [0.2, 0.25) is 0 Å². The molecule has 6 nitrogen and oxygen atoms in total. The van der Waals surface area contributed by atoms with Crippen molar-refractivity contribution in [2.24, 2.45) is 0 Å². The van der Waals surface area contributed by atoms with Crippen molar-refractivity contribution in [3.05, 3.63) is 72.2 Å². The number of fused-ring (bicyclic) bond motifs is 1. The van der Waals surface area contributed by atoms with Gasteiger partial charge in [-0.3, -0.25) is 4.79 Å². The molecule has 0 amide bonds. The van der Waals surface area contributed by atoms with Gasteiger partial charge in [0.15, 0.2) is 11.4 Å². The minimum Gasteiger partial charge on any atom is -0.496 e. The molecule has 0 unspecified atom stereocenters. The molecule has 0 saturated heterocycles. The number of Topliss-reactive ketones (excluding diaryl/α,β-unsaturated/α-hetero) is 1. The first-order valence-corrected chi connectivity index (χ1v) is 9.70. The van der Waals surface area contributed by atoms with E-state index in [0.717, 1.165) is 33.1 Å². The van der Waals surface area contributed by atoms with Crippen LogP contribution in [-0.2, 0) is 5.75 Å². The van der Waals surface area contributed by atoms with Gasteiger partial charge in [-0.15, -0.1) is 11.8 Å². The Labute approximate surface area is 166 Å². The number of para-hydroxylation sites is 1. The number of hydrogen-bond acceptors (Lipinski definition) is 6. The van der Waals surface area contributed by atoms with Crippen molar-refractivity contribution in [2.45, 2.75) is 17.7 Å². The van der Waals surface area contributed by atoms with Gasteiger partial charge in [-0.1, -0.05) is 18.2 Å². The molecule has 7 heteroatoms. The molecule has 28 heavy (non-hydrogen) atoms. The minimum absolute atomic E-state index is 0.0301. The lowest BCUT2D eigenvalue weighted by molar-refractivity contribution is 0.101. The second kappa shape index (κ2) is 7.82. The highest BCUT2D eigenvalue weighted by Crippen LogP contribution is 2.31. The molecule has 0 radical (unpaired) electrons. The summed E-state index contributed by atoms with van der Waals surface area (Å²) in [6, 6.07) is 15.4. The molecule has 0 aliphatic rings. The predicted molar refractivity (Wildman–Crippen MR) is 109 cm³/mol. The number of ether oxygens (including phenoxy) is 1. The van der Waals surface area contributed by atoms with Crippen LogP contribution in [0.1, 0.15) is 22.8 Å². The zero-order valence-electron chi connectivity index (χ0n) is 15.5. The summed E-state index contributed by atoms with van der Waals surface area (Å²) in [6.07, 6.45) is 3.34. The van der Waals surface area contributed by atoms with Gasteiger partial charge in [0.25, 0.3) is 0 Å². The van der Waals surface area contributed by atoms with Gasteiger partial charge >= 0.3 is 0 Å². The van der Waals surface area contributed by atoms with Gasteiger partial charge in [0.1, 0.15) is 17.1 Å². The smallest absolute Gasteiger partial charge is 0.167 e. The van der Waals surface area contributed by atoms with E-state index in [0.29, 0.717) is 11.3 Å². The maximum atomic E-state index is 11.7. The third-order valence-corrected chi connectivity index (χ3v) is 5.44. The average molecular weight is 390 g/mol. The van der Waals surface area contributed by atoms with E-state index in [1.807, 2.05) is 42.5 Å². The molecular weight excluding hydrogens is 372 g/mol. The summed E-state index contributed by atoms with van der Waals surface area (Å²) in [5, 5.41) is 6.21. The number of rotatable bonds is 6. The zero-order valence-corrected chi connectivity index (χ0v) is 16.3. The molecule has 4 aromatic rings. The third kappa shape index (κ3) is 3.48. The topological polar surface area (TPSA) is 69.9 Å². The lowest BCUT2D eigenvalue weighted by Gasteiger charge is -2.10. The van der Waals surface area contributed by atoms with Crippen LogP contribution in [0.4, 0.5) is 0 Å². The first kappa shape index (κ1) is 18.2. The van der Waals surface area contributed by atoms with E-state index in [4.69, 9.17) is 4.74 Å². The highest BCUT2D eigenvalue weighted by molar-refractivity contribution is 7.98. The molecule has 0 atom stereocenters. The Balaban J connectivity index is 1.66. The van der Waals surface area contributed by atoms with Crippen LogP contribution < -0.4 is 4.74 Å². The molecule has 0 bridgehead atoms. The van der Waals surface area contributed by atoms with Gasteiger partial charge in [0.05, 0.1) is 24.4 Å². The molecule has 0 fully saturated rings. The molecule has 0 spiro atoms.